The van der Waals surface area contributed by atoms with E-state index in [2.05, 4.69) is 149 Å². The third kappa shape index (κ3) is 5.14. The standard InChI is InChI=1S/C53H33N5/c1-3-14-36(15-4-1)51-54-52(37-16-5-2-6-17-37)56-53(55-51)39-24-23-35-26-28-42(31-40(35)29-39)58-48-22-12-10-20-44(48)46-32-45-43-19-9-11-21-47(43)57(49(45)33-50(46)58)41-27-25-34-13-7-8-18-38(34)30-41/h1-33H. The highest BCUT2D eigenvalue weighted by molar-refractivity contribution is 6.19. The lowest BCUT2D eigenvalue weighted by atomic mass is 10.1. The molecule has 0 unspecified atom stereocenters. The molecule has 0 fully saturated rings. The molecule has 270 valence electrons. The summed E-state index contributed by atoms with van der Waals surface area (Å²) >= 11 is 0. The zero-order chi connectivity index (χ0) is 38.2. The molecule has 5 nitrogen and oxygen atoms in total. The summed E-state index contributed by atoms with van der Waals surface area (Å²) in [6.07, 6.45) is 0. The van der Waals surface area contributed by atoms with Crippen LogP contribution in [0.25, 0.3) is 111 Å². The molecular weight excluding hydrogens is 707 g/mol. The minimum atomic E-state index is 0.640. The zero-order valence-corrected chi connectivity index (χ0v) is 31.3. The van der Waals surface area contributed by atoms with Crippen LogP contribution in [0.4, 0.5) is 0 Å². The highest BCUT2D eigenvalue weighted by atomic mass is 15.0. The Hall–Kier alpha value is -7.89. The Kier molecular flexibility index (Phi) is 7.16. The van der Waals surface area contributed by atoms with Gasteiger partial charge in [0, 0.05) is 49.6 Å². The lowest BCUT2D eigenvalue weighted by molar-refractivity contribution is 1.07. The van der Waals surface area contributed by atoms with Gasteiger partial charge in [0.1, 0.15) is 0 Å². The maximum Gasteiger partial charge on any atom is 0.164 e. The summed E-state index contributed by atoms with van der Waals surface area (Å²) in [6, 6.07) is 71.2. The molecule has 12 aromatic rings. The van der Waals surface area contributed by atoms with Gasteiger partial charge in [0.2, 0.25) is 0 Å². The van der Waals surface area contributed by atoms with Gasteiger partial charge in [-0.15, -0.1) is 0 Å². The summed E-state index contributed by atoms with van der Waals surface area (Å²) in [4.78, 5) is 15.0. The Morgan fingerprint density at radius 1 is 0.259 bits per heavy atom. The van der Waals surface area contributed by atoms with Crippen molar-refractivity contribution in [2.24, 2.45) is 0 Å². The van der Waals surface area contributed by atoms with E-state index >= 15 is 0 Å². The molecule has 0 amide bonds. The number of rotatable bonds is 5. The fourth-order valence-electron chi connectivity index (χ4n) is 8.75. The fourth-order valence-corrected chi connectivity index (χ4v) is 8.75. The second-order valence-corrected chi connectivity index (χ2v) is 14.9. The van der Waals surface area contributed by atoms with Crippen LogP contribution in [0, 0.1) is 0 Å². The molecule has 0 aliphatic carbocycles. The summed E-state index contributed by atoms with van der Waals surface area (Å²) in [5, 5.41) is 9.64. The molecule has 9 aromatic carbocycles. The topological polar surface area (TPSA) is 48.5 Å². The van der Waals surface area contributed by atoms with E-state index in [1.807, 2.05) is 60.7 Å². The second kappa shape index (κ2) is 12.8. The number of hydrogen-bond acceptors (Lipinski definition) is 3. The lowest BCUT2D eigenvalue weighted by Gasteiger charge is -2.12. The molecule has 5 heteroatoms. The number of aromatic nitrogens is 5. The maximum absolute atomic E-state index is 5.03. The number of para-hydroxylation sites is 2. The molecular formula is C53H33N5. The smallest absolute Gasteiger partial charge is 0.164 e. The van der Waals surface area contributed by atoms with Crippen molar-refractivity contribution in [1.29, 1.82) is 0 Å². The van der Waals surface area contributed by atoms with Gasteiger partial charge in [-0.1, -0.05) is 146 Å². The Morgan fingerprint density at radius 3 is 1.29 bits per heavy atom. The molecule has 0 radical (unpaired) electrons. The van der Waals surface area contributed by atoms with Crippen molar-refractivity contribution in [2.45, 2.75) is 0 Å². The van der Waals surface area contributed by atoms with Crippen LogP contribution in [0.2, 0.25) is 0 Å². The third-order valence-electron chi connectivity index (χ3n) is 11.5. The minimum Gasteiger partial charge on any atom is -0.309 e. The van der Waals surface area contributed by atoms with E-state index in [0.29, 0.717) is 17.5 Å². The van der Waals surface area contributed by atoms with Crippen molar-refractivity contribution in [3.05, 3.63) is 200 Å². The highest BCUT2D eigenvalue weighted by Gasteiger charge is 2.19. The average Bonchev–Trinajstić information content (AvgIpc) is 3.80. The van der Waals surface area contributed by atoms with E-state index in [9.17, 15) is 0 Å². The predicted molar refractivity (Wildman–Crippen MR) is 240 cm³/mol. The highest BCUT2D eigenvalue weighted by Crippen LogP contribution is 2.40. The summed E-state index contributed by atoms with van der Waals surface area (Å²) in [5.41, 5.74) is 9.77. The van der Waals surface area contributed by atoms with E-state index in [4.69, 9.17) is 15.0 Å². The van der Waals surface area contributed by atoms with Gasteiger partial charge < -0.3 is 9.13 Å². The summed E-state index contributed by atoms with van der Waals surface area (Å²) in [7, 11) is 0. The number of nitrogens with zero attached hydrogens (tertiary/aromatic N) is 5. The van der Waals surface area contributed by atoms with Crippen LogP contribution in [0.3, 0.4) is 0 Å². The third-order valence-corrected chi connectivity index (χ3v) is 11.5. The Morgan fingerprint density at radius 2 is 0.707 bits per heavy atom. The zero-order valence-electron chi connectivity index (χ0n) is 31.3. The number of fused-ring (bicyclic) bond motifs is 8. The molecule has 0 N–H and O–H groups in total. The van der Waals surface area contributed by atoms with Crippen molar-refractivity contribution in [1.82, 2.24) is 24.1 Å². The van der Waals surface area contributed by atoms with E-state index in [1.165, 1.54) is 48.9 Å². The Balaban J connectivity index is 1.07. The van der Waals surface area contributed by atoms with Crippen molar-refractivity contribution in [2.75, 3.05) is 0 Å². The molecule has 0 aliphatic heterocycles. The van der Waals surface area contributed by atoms with Gasteiger partial charge in [-0.25, -0.2) is 15.0 Å². The molecule has 0 aliphatic rings. The van der Waals surface area contributed by atoms with Gasteiger partial charge in [0.25, 0.3) is 0 Å². The molecule has 12 rings (SSSR count). The van der Waals surface area contributed by atoms with Crippen LogP contribution in [-0.2, 0) is 0 Å². The van der Waals surface area contributed by atoms with Crippen LogP contribution in [0.1, 0.15) is 0 Å². The summed E-state index contributed by atoms with van der Waals surface area (Å²) < 4.78 is 4.84. The quantitative estimate of drug-likeness (QED) is 0.177. The molecule has 58 heavy (non-hydrogen) atoms. The van der Waals surface area contributed by atoms with E-state index in [-0.39, 0.29) is 0 Å². The molecule has 0 spiro atoms. The Labute approximate surface area is 333 Å². The first-order valence-electron chi connectivity index (χ1n) is 19.6. The van der Waals surface area contributed by atoms with Gasteiger partial charge >= 0.3 is 0 Å². The van der Waals surface area contributed by atoms with Crippen LogP contribution in [0.5, 0.6) is 0 Å². The molecule has 3 aromatic heterocycles. The molecule has 3 heterocycles. The summed E-state index contributed by atoms with van der Waals surface area (Å²) in [5.74, 6) is 1.94. The van der Waals surface area contributed by atoms with Crippen molar-refractivity contribution < 1.29 is 0 Å². The van der Waals surface area contributed by atoms with Crippen molar-refractivity contribution in [3.63, 3.8) is 0 Å². The van der Waals surface area contributed by atoms with Crippen LogP contribution in [0.15, 0.2) is 200 Å². The average molecular weight is 740 g/mol. The fraction of sp³-hybridized carbons (Fsp3) is 0. The van der Waals surface area contributed by atoms with Crippen LogP contribution in [-0.4, -0.2) is 24.1 Å². The van der Waals surface area contributed by atoms with Crippen molar-refractivity contribution in [3.8, 4) is 45.5 Å². The predicted octanol–water partition coefficient (Wildman–Crippen LogP) is 13.4. The molecule has 0 bridgehead atoms. The second-order valence-electron chi connectivity index (χ2n) is 14.9. The largest absolute Gasteiger partial charge is 0.309 e. The van der Waals surface area contributed by atoms with E-state index < -0.39 is 0 Å². The molecule has 0 saturated heterocycles. The van der Waals surface area contributed by atoms with Crippen LogP contribution < -0.4 is 0 Å². The number of hydrogen-bond donors (Lipinski definition) is 0. The normalized spacial score (nSPS) is 11.8. The monoisotopic (exact) mass is 739 g/mol. The molecule has 0 saturated carbocycles. The van der Waals surface area contributed by atoms with Gasteiger partial charge in [0.15, 0.2) is 17.5 Å². The van der Waals surface area contributed by atoms with E-state index in [0.717, 1.165) is 44.4 Å². The number of benzene rings is 9. The van der Waals surface area contributed by atoms with Gasteiger partial charge in [-0.05, 0) is 76.1 Å². The summed E-state index contributed by atoms with van der Waals surface area (Å²) in [6.45, 7) is 0. The minimum absolute atomic E-state index is 0.640. The first-order valence-corrected chi connectivity index (χ1v) is 19.6. The van der Waals surface area contributed by atoms with Crippen LogP contribution >= 0.6 is 0 Å². The lowest BCUT2D eigenvalue weighted by Crippen LogP contribution is -2.00. The Bertz CT molecular complexity index is 3510. The first kappa shape index (κ1) is 32.4. The van der Waals surface area contributed by atoms with Gasteiger partial charge in [0.05, 0.1) is 22.1 Å². The first-order chi connectivity index (χ1) is 28.7. The van der Waals surface area contributed by atoms with Crippen molar-refractivity contribution >= 4 is 65.2 Å². The maximum atomic E-state index is 5.03. The van der Waals surface area contributed by atoms with Gasteiger partial charge in [-0.3, -0.25) is 0 Å². The van der Waals surface area contributed by atoms with Gasteiger partial charge in [-0.2, -0.15) is 0 Å². The molecule has 0 atom stereocenters. The SMILES string of the molecule is c1ccc(-c2nc(-c3ccccc3)nc(-c3ccc4ccc(-n5c6ccccc6c6cc7c8ccccc8n(-c8ccc9ccccc9c8)c7cc65)cc4c3)n2)cc1. The van der Waals surface area contributed by atoms with E-state index in [1.54, 1.807) is 0 Å².